The van der Waals surface area contributed by atoms with E-state index in [0.29, 0.717) is 35.6 Å². The third-order valence-corrected chi connectivity index (χ3v) is 7.30. The molecule has 8 heteroatoms. The van der Waals surface area contributed by atoms with Gasteiger partial charge < -0.3 is 15.4 Å². The number of nitrogens with one attached hydrogen (secondary N) is 2. The van der Waals surface area contributed by atoms with Crippen molar-refractivity contribution in [2.24, 2.45) is 10.9 Å². The van der Waals surface area contributed by atoms with Gasteiger partial charge in [0.25, 0.3) is 0 Å². The van der Waals surface area contributed by atoms with E-state index in [1.54, 1.807) is 12.1 Å². The molecule has 2 aromatic carbocycles. The lowest BCUT2D eigenvalue weighted by Gasteiger charge is -2.33. The van der Waals surface area contributed by atoms with E-state index in [-0.39, 0.29) is 11.8 Å². The summed E-state index contributed by atoms with van der Waals surface area (Å²) >= 11 is 0. The molecule has 0 bridgehead atoms. The van der Waals surface area contributed by atoms with Crippen LogP contribution >= 0.6 is 0 Å². The molecule has 8 nitrogen and oxygen atoms in total. The highest BCUT2D eigenvalue weighted by atomic mass is 16.5. The van der Waals surface area contributed by atoms with Crippen LogP contribution in [0.15, 0.2) is 76.9 Å². The molecule has 0 aliphatic carbocycles. The molecular weight excluding hydrogens is 502 g/mol. The molecule has 208 valence electrons. The number of hydrogen-bond donors (Lipinski definition) is 2. The highest BCUT2D eigenvalue weighted by Gasteiger charge is 2.40. The summed E-state index contributed by atoms with van der Waals surface area (Å²) in [7, 11) is 0. The van der Waals surface area contributed by atoms with Gasteiger partial charge in [0.05, 0.1) is 30.8 Å². The predicted octanol–water partition coefficient (Wildman–Crippen LogP) is 3.67. The number of hydrogen-bond acceptors (Lipinski definition) is 6. The molecule has 2 aliphatic rings. The van der Waals surface area contributed by atoms with Gasteiger partial charge >= 0.3 is 0 Å². The maximum Gasteiger partial charge on any atom is 0.249 e. The Hall–Kier alpha value is -4.06. The average molecular weight is 540 g/mol. The molecule has 2 atom stereocenters. The molecule has 2 heterocycles. The van der Waals surface area contributed by atoms with Crippen molar-refractivity contribution in [1.29, 1.82) is 5.26 Å². The van der Waals surface area contributed by atoms with Crippen molar-refractivity contribution in [2.45, 2.75) is 26.2 Å². The van der Waals surface area contributed by atoms with E-state index in [0.717, 1.165) is 50.4 Å². The number of morpholine rings is 1. The second-order valence-electron chi connectivity index (χ2n) is 10.1. The number of nitrogens with zero attached hydrogens (tertiary/aromatic N) is 3. The Morgan fingerprint density at radius 2 is 1.80 bits per heavy atom. The number of amides is 2. The SMILES string of the molecule is CC1=NC(C)=C(C(=O)NCC=Cc2ccccc2)C(c2ccc(C#N)cc2)C1C(=O)NCCCN1CCOCC1. The number of carbonyl (C=O) groups excluding carboxylic acids is 2. The van der Waals surface area contributed by atoms with Crippen LogP contribution in [0.25, 0.3) is 6.08 Å². The predicted molar refractivity (Wildman–Crippen MR) is 157 cm³/mol. The Bertz CT molecular complexity index is 1300. The Morgan fingerprint density at radius 3 is 2.50 bits per heavy atom. The quantitative estimate of drug-likeness (QED) is 0.448. The molecule has 2 amide bonds. The summed E-state index contributed by atoms with van der Waals surface area (Å²) in [5.41, 5.74) is 4.09. The van der Waals surface area contributed by atoms with Crippen molar-refractivity contribution in [3.8, 4) is 6.07 Å². The summed E-state index contributed by atoms with van der Waals surface area (Å²) in [6, 6.07) is 19.1. The van der Waals surface area contributed by atoms with Crippen LogP contribution in [0, 0.1) is 17.2 Å². The van der Waals surface area contributed by atoms with Crippen LogP contribution in [0.4, 0.5) is 0 Å². The smallest absolute Gasteiger partial charge is 0.249 e. The average Bonchev–Trinajstić information content (AvgIpc) is 2.98. The summed E-state index contributed by atoms with van der Waals surface area (Å²) in [4.78, 5) is 34.2. The molecule has 2 N–H and O–H groups in total. The number of ether oxygens (including phenoxy) is 1. The van der Waals surface area contributed by atoms with Gasteiger partial charge in [-0.1, -0.05) is 54.6 Å². The van der Waals surface area contributed by atoms with Gasteiger partial charge in [-0.2, -0.15) is 5.26 Å². The van der Waals surface area contributed by atoms with E-state index in [9.17, 15) is 14.9 Å². The van der Waals surface area contributed by atoms with Gasteiger partial charge in [-0.15, -0.1) is 0 Å². The zero-order valence-corrected chi connectivity index (χ0v) is 23.2. The molecule has 0 saturated carbocycles. The van der Waals surface area contributed by atoms with Gasteiger partial charge in [-0.05, 0) is 50.1 Å². The lowest BCUT2D eigenvalue weighted by Crippen LogP contribution is -2.44. The number of allylic oxidation sites excluding steroid dienone is 1. The van der Waals surface area contributed by atoms with Crippen LogP contribution in [0.5, 0.6) is 0 Å². The van der Waals surface area contributed by atoms with Crippen LogP contribution in [0.1, 0.15) is 42.9 Å². The Morgan fingerprint density at radius 1 is 1.07 bits per heavy atom. The molecule has 2 aliphatic heterocycles. The molecule has 4 rings (SSSR count). The molecule has 40 heavy (non-hydrogen) atoms. The van der Waals surface area contributed by atoms with E-state index in [1.165, 1.54) is 0 Å². The molecule has 2 unspecified atom stereocenters. The molecule has 1 fully saturated rings. The summed E-state index contributed by atoms with van der Waals surface area (Å²) in [6.45, 7) is 8.73. The number of nitriles is 1. The third-order valence-electron chi connectivity index (χ3n) is 7.30. The minimum atomic E-state index is -0.638. The van der Waals surface area contributed by atoms with E-state index < -0.39 is 11.8 Å². The second kappa shape index (κ2) is 14.4. The van der Waals surface area contributed by atoms with Crippen LogP contribution in [0.3, 0.4) is 0 Å². The third kappa shape index (κ3) is 7.53. The van der Waals surface area contributed by atoms with E-state index in [2.05, 4.69) is 26.6 Å². The largest absolute Gasteiger partial charge is 0.379 e. The number of carbonyl (C=O) groups is 2. The fourth-order valence-corrected chi connectivity index (χ4v) is 5.25. The first kappa shape index (κ1) is 28.9. The van der Waals surface area contributed by atoms with E-state index >= 15 is 0 Å². The van der Waals surface area contributed by atoms with Gasteiger partial charge in [0.2, 0.25) is 11.8 Å². The Labute approximate surface area is 236 Å². The van der Waals surface area contributed by atoms with E-state index in [4.69, 9.17) is 4.74 Å². The fraction of sp³-hybridized carbons (Fsp3) is 0.375. The summed E-state index contributed by atoms with van der Waals surface area (Å²) in [5, 5.41) is 15.4. The van der Waals surface area contributed by atoms with Crippen LogP contribution < -0.4 is 10.6 Å². The Balaban J connectivity index is 1.50. The summed E-state index contributed by atoms with van der Waals surface area (Å²) in [5.74, 6) is -1.58. The Kier molecular flexibility index (Phi) is 10.4. The van der Waals surface area contributed by atoms with Gasteiger partial charge in [0, 0.05) is 49.1 Å². The number of rotatable bonds is 10. The minimum absolute atomic E-state index is 0.153. The standard InChI is InChI=1S/C32H37N5O3/c1-23-28(31(38)34-15-6-10-25-8-4-3-5-9-25)30(27-13-11-26(22-33)12-14-27)29(24(2)36-23)32(39)35-16-7-17-37-18-20-40-21-19-37/h3-6,8-14,29-30H,7,15-21H2,1-2H3,(H,34,38)(H,35,39). The topological polar surface area (TPSA) is 107 Å². The molecule has 0 spiro atoms. The summed E-state index contributed by atoms with van der Waals surface area (Å²) in [6.07, 6.45) is 4.68. The van der Waals surface area contributed by atoms with Crippen molar-refractivity contribution in [2.75, 3.05) is 45.9 Å². The van der Waals surface area contributed by atoms with Crippen molar-refractivity contribution in [1.82, 2.24) is 15.5 Å². The molecule has 1 saturated heterocycles. The molecular formula is C32H37N5O3. The minimum Gasteiger partial charge on any atom is -0.379 e. The second-order valence-corrected chi connectivity index (χ2v) is 10.1. The van der Waals surface area contributed by atoms with Crippen molar-refractivity contribution < 1.29 is 14.3 Å². The molecule has 0 radical (unpaired) electrons. The first-order valence-electron chi connectivity index (χ1n) is 13.8. The zero-order chi connectivity index (χ0) is 28.3. The highest BCUT2D eigenvalue weighted by molar-refractivity contribution is 6.09. The number of benzene rings is 2. The van der Waals surface area contributed by atoms with Crippen LogP contribution in [0.2, 0.25) is 0 Å². The van der Waals surface area contributed by atoms with Gasteiger partial charge in [-0.3, -0.25) is 19.5 Å². The first-order chi connectivity index (χ1) is 19.5. The van der Waals surface area contributed by atoms with Crippen LogP contribution in [-0.4, -0.2) is 68.4 Å². The van der Waals surface area contributed by atoms with Crippen molar-refractivity contribution in [3.63, 3.8) is 0 Å². The molecule has 0 aromatic heterocycles. The van der Waals surface area contributed by atoms with Crippen molar-refractivity contribution >= 4 is 23.6 Å². The zero-order valence-electron chi connectivity index (χ0n) is 23.2. The first-order valence-corrected chi connectivity index (χ1v) is 13.8. The molecule has 2 aromatic rings. The lowest BCUT2D eigenvalue weighted by atomic mass is 9.74. The maximum absolute atomic E-state index is 13.6. The van der Waals surface area contributed by atoms with Gasteiger partial charge in [0.15, 0.2) is 0 Å². The van der Waals surface area contributed by atoms with Gasteiger partial charge in [0.1, 0.15) is 0 Å². The highest BCUT2D eigenvalue weighted by Crippen LogP contribution is 2.39. The monoisotopic (exact) mass is 539 g/mol. The summed E-state index contributed by atoms with van der Waals surface area (Å²) < 4.78 is 5.41. The van der Waals surface area contributed by atoms with Crippen LogP contribution in [-0.2, 0) is 14.3 Å². The van der Waals surface area contributed by atoms with Gasteiger partial charge in [-0.25, -0.2) is 0 Å². The maximum atomic E-state index is 13.6. The fourth-order valence-electron chi connectivity index (χ4n) is 5.25. The lowest BCUT2D eigenvalue weighted by molar-refractivity contribution is -0.123. The normalized spacial score (nSPS) is 19.7. The van der Waals surface area contributed by atoms with Crippen molar-refractivity contribution in [3.05, 3.63) is 88.6 Å². The number of aliphatic imine (C=N–C) groups is 1. The van der Waals surface area contributed by atoms with E-state index in [1.807, 2.05) is 68.5 Å².